The summed E-state index contributed by atoms with van der Waals surface area (Å²) in [6, 6.07) is 11.1. The number of anilines is 3. The fraction of sp³-hybridized carbons (Fsp3) is 0.422. The van der Waals surface area contributed by atoms with Gasteiger partial charge < -0.3 is 34.5 Å². The Morgan fingerprint density at radius 2 is 1.81 bits per heavy atom. The Morgan fingerprint density at radius 3 is 2.56 bits per heavy atom. The van der Waals surface area contributed by atoms with Gasteiger partial charge in [0.05, 0.1) is 36.6 Å². The number of imide groups is 1. The van der Waals surface area contributed by atoms with Gasteiger partial charge in [-0.3, -0.25) is 24.5 Å². The van der Waals surface area contributed by atoms with Crippen molar-refractivity contribution in [2.24, 2.45) is 0 Å². The lowest BCUT2D eigenvalue weighted by molar-refractivity contribution is -0.136. The summed E-state index contributed by atoms with van der Waals surface area (Å²) < 4.78 is 19.0. The van der Waals surface area contributed by atoms with Crippen LogP contribution >= 0.6 is 0 Å². The van der Waals surface area contributed by atoms with Gasteiger partial charge in [-0.25, -0.2) is 14.6 Å². The van der Waals surface area contributed by atoms with E-state index in [4.69, 9.17) is 29.1 Å². The van der Waals surface area contributed by atoms with Crippen LogP contribution in [-0.4, -0.2) is 97.3 Å². The van der Waals surface area contributed by atoms with Crippen molar-refractivity contribution in [1.29, 1.82) is 0 Å². The lowest BCUT2D eigenvalue weighted by atomic mass is 9.97. The highest BCUT2D eigenvalue weighted by molar-refractivity contribution is 6.14. The molecule has 1 unspecified atom stereocenters. The number of rotatable bonds is 18. The molecule has 2 fully saturated rings. The molecule has 2 aliphatic heterocycles. The highest BCUT2D eigenvalue weighted by Gasteiger charge is 2.40. The molecule has 6 aromatic rings. The summed E-state index contributed by atoms with van der Waals surface area (Å²) in [6.07, 6.45) is 3.49. The number of hydrogen-bond acceptors (Lipinski definition) is 13. The second-order valence-electron chi connectivity index (χ2n) is 16.2. The minimum Gasteiger partial charge on any atom is -0.382 e. The number of carbonyl (C=O) groups excluding carboxylic acids is 4. The Morgan fingerprint density at radius 1 is 0.984 bits per heavy atom. The molecule has 0 radical (unpaired) electrons. The molecule has 3 aliphatic rings. The van der Waals surface area contributed by atoms with E-state index in [-0.39, 0.29) is 36.3 Å². The van der Waals surface area contributed by atoms with Crippen molar-refractivity contribution < 1.29 is 33.2 Å². The molecule has 1 saturated carbocycles. The number of ether oxygens (including phenoxy) is 2. The van der Waals surface area contributed by atoms with Gasteiger partial charge in [0, 0.05) is 84.3 Å². The first-order valence-corrected chi connectivity index (χ1v) is 21.4. The fourth-order valence-electron chi connectivity index (χ4n) is 8.56. The zero-order chi connectivity index (χ0) is 43.1. The third kappa shape index (κ3) is 8.04. The van der Waals surface area contributed by atoms with E-state index in [2.05, 4.69) is 58.1 Å². The maximum atomic E-state index is 13.7. The van der Waals surface area contributed by atoms with Crippen LogP contribution < -0.4 is 16.0 Å². The lowest BCUT2D eigenvalue weighted by Gasteiger charge is -2.29. The Hall–Kier alpha value is -6.46. The standard InChI is InChI=1S/C45H50N10O7/c1-5-55-37(22-33(52-55)27-11-12-27)48-43-40-30-20-24(2)29(39-25(3)53-62-26(39)4)21-34(30)47-42(40)50-41(51-43)36(56)10-7-16-60-18-19-61-17-15-46-32-9-6-8-28-31(32)23-54(45(28)59)35-13-14-38(57)49-44(35)58/h6,8-9,20-22,27,35,46H,5,7,10-19,23H2,1-4H3,(H,49,57,58)(H2,47,48,50,51). The Bertz CT molecular complexity index is 2710. The predicted molar refractivity (Wildman–Crippen MR) is 230 cm³/mol. The maximum absolute atomic E-state index is 13.7. The minimum absolute atomic E-state index is 0.118. The molecular weight excluding hydrogens is 793 g/mol. The number of H-pyrrole nitrogens is 1. The summed E-state index contributed by atoms with van der Waals surface area (Å²) >= 11 is 0. The van der Waals surface area contributed by atoms with Crippen LogP contribution in [0.1, 0.15) is 101 Å². The number of fused-ring (bicyclic) bond motifs is 4. The molecule has 322 valence electrons. The predicted octanol–water partition coefficient (Wildman–Crippen LogP) is 6.40. The molecule has 17 nitrogen and oxygen atoms in total. The highest BCUT2D eigenvalue weighted by atomic mass is 16.5. The molecule has 4 N–H and O–H groups in total. The largest absolute Gasteiger partial charge is 0.382 e. The van der Waals surface area contributed by atoms with Crippen LogP contribution in [0.15, 0.2) is 40.9 Å². The van der Waals surface area contributed by atoms with Gasteiger partial charge in [0.1, 0.15) is 29.1 Å². The number of carbonyl (C=O) groups is 4. The molecule has 3 amide bonds. The summed E-state index contributed by atoms with van der Waals surface area (Å²) in [6.45, 7) is 10.9. The number of aromatic amines is 1. The fourth-order valence-corrected chi connectivity index (χ4v) is 8.56. The summed E-state index contributed by atoms with van der Waals surface area (Å²) in [7, 11) is 0. The van der Waals surface area contributed by atoms with Crippen molar-refractivity contribution in [3.8, 4) is 11.1 Å². The molecule has 0 spiro atoms. The number of hydrogen-bond donors (Lipinski definition) is 4. The third-order valence-electron chi connectivity index (χ3n) is 11.9. The summed E-state index contributed by atoms with van der Waals surface area (Å²) in [4.78, 5) is 65.5. The van der Waals surface area contributed by atoms with E-state index in [0.29, 0.717) is 81.8 Å². The monoisotopic (exact) mass is 842 g/mol. The zero-order valence-corrected chi connectivity index (χ0v) is 35.4. The van der Waals surface area contributed by atoms with E-state index in [1.54, 1.807) is 6.07 Å². The molecule has 1 atom stereocenters. The van der Waals surface area contributed by atoms with Gasteiger partial charge >= 0.3 is 0 Å². The first-order chi connectivity index (χ1) is 30.1. The second-order valence-corrected chi connectivity index (χ2v) is 16.2. The summed E-state index contributed by atoms with van der Waals surface area (Å²) in [5.41, 5.74) is 8.49. The first-order valence-electron chi connectivity index (χ1n) is 21.4. The molecule has 2 aromatic carbocycles. The summed E-state index contributed by atoms with van der Waals surface area (Å²) in [5, 5.41) is 20.0. The molecule has 17 heteroatoms. The number of benzene rings is 2. The number of nitrogens with one attached hydrogen (secondary N) is 4. The number of aryl methyl sites for hydroxylation is 4. The van der Waals surface area contributed by atoms with Gasteiger partial charge in [-0.15, -0.1) is 0 Å². The van der Waals surface area contributed by atoms with Crippen LogP contribution in [0.2, 0.25) is 0 Å². The third-order valence-corrected chi connectivity index (χ3v) is 11.9. The van der Waals surface area contributed by atoms with Crippen molar-refractivity contribution in [1.82, 2.24) is 40.1 Å². The van der Waals surface area contributed by atoms with E-state index < -0.39 is 11.9 Å². The average Bonchev–Trinajstić information content (AvgIpc) is 3.64. The molecule has 6 heterocycles. The zero-order valence-electron chi connectivity index (χ0n) is 35.4. The van der Waals surface area contributed by atoms with Gasteiger partial charge in [-0.05, 0) is 88.8 Å². The van der Waals surface area contributed by atoms with Gasteiger partial charge in [-0.1, -0.05) is 11.2 Å². The normalized spacial score (nSPS) is 16.4. The van der Waals surface area contributed by atoms with E-state index in [1.165, 1.54) is 4.90 Å². The highest BCUT2D eigenvalue weighted by Crippen LogP contribution is 2.42. The molecule has 9 rings (SSSR count). The van der Waals surface area contributed by atoms with Crippen molar-refractivity contribution in [3.63, 3.8) is 0 Å². The topological polar surface area (TPSA) is 211 Å². The van der Waals surface area contributed by atoms with Crippen LogP contribution in [0.25, 0.3) is 33.1 Å². The van der Waals surface area contributed by atoms with Crippen molar-refractivity contribution >= 4 is 62.8 Å². The van der Waals surface area contributed by atoms with Gasteiger partial charge in [-0.2, -0.15) is 5.10 Å². The first kappa shape index (κ1) is 40.9. The smallest absolute Gasteiger partial charge is 0.255 e. The van der Waals surface area contributed by atoms with Crippen LogP contribution in [0, 0.1) is 20.8 Å². The Balaban J connectivity index is 0.799. The van der Waals surface area contributed by atoms with Crippen LogP contribution in [0.4, 0.5) is 17.3 Å². The van der Waals surface area contributed by atoms with E-state index >= 15 is 0 Å². The SMILES string of the molecule is CCn1nc(C2CC2)cc1Nc1nc(C(=O)CCCOCCOCCNc2cccc3c2CN(C2CCC(=O)NC2=O)C3=O)nc2[nH]c3cc(-c4c(C)noc4C)c(C)cc3c12. The van der Waals surface area contributed by atoms with E-state index in [9.17, 15) is 19.2 Å². The Labute approximate surface area is 357 Å². The van der Waals surface area contributed by atoms with Crippen molar-refractivity contribution in [2.45, 2.75) is 91.3 Å². The van der Waals surface area contributed by atoms with Crippen LogP contribution in [-0.2, 0) is 32.2 Å². The quantitative estimate of drug-likeness (QED) is 0.0420. The van der Waals surface area contributed by atoms with E-state index in [1.807, 2.05) is 30.7 Å². The number of nitrogens with zero attached hydrogens (tertiary/aromatic N) is 6. The number of ketones is 1. The molecule has 4 aromatic heterocycles. The van der Waals surface area contributed by atoms with Crippen LogP contribution in [0.3, 0.4) is 0 Å². The Kier molecular flexibility index (Phi) is 11.3. The van der Waals surface area contributed by atoms with Crippen molar-refractivity contribution in [2.75, 3.05) is 43.6 Å². The van der Waals surface area contributed by atoms with Crippen LogP contribution in [0.5, 0.6) is 0 Å². The van der Waals surface area contributed by atoms with E-state index in [0.717, 1.165) is 80.0 Å². The van der Waals surface area contributed by atoms with Crippen molar-refractivity contribution in [3.05, 3.63) is 76.1 Å². The summed E-state index contributed by atoms with van der Waals surface area (Å²) in [5.74, 6) is 1.54. The molecular formula is C45H50N10O7. The lowest BCUT2D eigenvalue weighted by Crippen LogP contribution is -2.52. The number of piperidine rings is 1. The molecule has 1 saturated heterocycles. The minimum atomic E-state index is -0.664. The maximum Gasteiger partial charge on any atom is 0.255 e. The second kappa shape index (κ2) is 17.1. The van der Waals surface area contributed by atoms with Gasteiger partial charge in [0.25, 0.3) is 5.91 Å². The van der Waals surface area contributed by atoms with Gasteiger partial charge in [0.15, 0.2) is 11.6 Å². The molecule has 1 aliphatic carbocycles. The van der Waals surface area contributed by atoms with Gasteiger partial charge in [0.2, 0.25) is 11.8 Å². The number of Topliss-reactive ketones (excluding diaryl/α,β-unsaturated/α-hetero) is 1. The number of aromatic nitrogens is 6. The molecule has 62 heavy (non-hydrogen) atoms. The average molecular weight is 843 g/mol. The molecule has 0 bridgehead atoms. The number of amides is 3.